The van der Waals surface area contributed by atoms with E-state index in [0.717, 1.165) is 18.4 Å². The number of carbonyl (C=O) groups is 1. The van der Waals surface area contributed by atoms with Gasteiger partial charge in [0.05, 0.1) is 5.92 Å². The van der Waals surface area contributed by atoms with Gasteiger partial charge in [-0.2, -0.15) is 0 Å². The normalized spacial score (nSPS) is 27.9. The largest absolute Gasteiger partial charge is 0.481 e. The molecule has 0 aromatic heterocycles. The molecule has 2 heteroatoms. The maximum absolute atomic E-state index is 10.7. The van der Waals surface area contributed by atoms with Gasteiger partial charge in [0.2, 0.25) is 0 Å². The van der Waals surface area contributed by atoms with Crippen molar-refractivity contribution >= 4 is 5.97 Å². The Morgan fingerprint density at radius 2 is 2.25 bits per heavy atom. The fourth-order valence-electron chi connectivity index (χ4n) is 1.85. The van der Waals surface area contributed by atoms with Gasteiger partial charge in [0.15, 0.2) is 0 Å². The van der Waals surface area contributed by atoms with Crippen molar-refractivity contribution in [3.8, 4) is 0 Å². The molecular formula is C10H16O2. The van der Waals surface area contributed by atoms with E-state index in [1.165, 1.54) is 0 Å². The Balaban J connectivity index is 2.83. The number of aliphatic carboxylic acids is 1. The summed E-state index contributed by atoms with van der Waals surface area (Å²) >= 11 is 0. The van der Waals surface area contributed by atoms with E-state index >= 15 is 0 Å². The van der Waals surface area contributed by atoms with Crippen LogP contribution in [0.5, 0.6) is 0 Å². The van der Waals surface area contributed by atoms with E-state index in [4.69, 9.17) is 5.11 Å². The van der Waals surface area contributed by atoms with Gasteiger partial charge in [-0.3, -0.25) is 4.79 Å². The third-order valence-electron chi connectivity index (χ3n) is 2.54. The van der Waals surface area contributed by atoms with E-state index in [9.17, 15) is 4.79 Å². The first-order valence-corrected chi connectivity index (χ1v) is 4.34. The molecule has 0 aromatic carbocycles. The molecule has 1 unspecified atom stereocenters. The molecule has 0 amide bonds. The summed E-state index contributed by atoms with van der Waals surface area (Å²) in [6, 6.07) is 0. The van der Waals surface area contributed by atoms with Gasteiger partial charge in [-0.25, -0.2) is 0 Å². The number of hydrogen-bond donors (Lipinski definition) is 1. The number of carboxylic acids is 1. The first-order chi connectivity index (χ1) is 5.42. The highest BCUT2D eigenvalue weighted by molar-refractivity contribution is 5.73. The highest BCUT2D eigenvalue weighted by atomic mass is 16.4. The molecular weight excluding hydrogens is 152 g/mol. The molecule has 1 atom stereocenters. The molecule has 0 heterocycles. The molecule has 1 N–H and O–H groups in total. The Morgan fingerprint density at radius 1 is 1.67 bits per heavy atom. The predicted octanol–water partition coefficient (Wildman–Crippen LogP) is 2.45. The molecule has 0 spiro atoms. The van der Waals surface area contributed by atoms with Gasteiger partial charge in [-0.1, -0.05) is 25.5 Å². The summed E-state index contributed by atoms with van der Waals surface area (Å²) in [6.45, 7) is 6.21. The molecule has 0 aliphatic heterocycles. The van der Waals surface area contributed by atoms with Crippen LogP contribution in [0.25, 0.3) is 0 Å². The Hall–Kier alpha value is -0.790. The lowest BCUT2D eigenvalue weighted by atomic mass is 9.75. The lowest BCUT2D eigenvalue weighted by Crippen LogP contribution is -2.24. The minimum Gasteiger partial charge on any atom is -0.481 e. The Labute approximate surface area is 73.3 Å². The molecule has 2 nitrogen and oxygen atoms in total. The minimum atomic E-state index is -0.681. The van der Waals surface area contributed by atoms with Gasteiger partial charge in [0, 0.05) is 0 Å². The van der Waals surface area contributed by atoms with Crippen molar-refractivity contribution in [3.05, 3.63) is 11.6 Å². The number of rotatable bonds is 1. The van der Waals surface area contributed by atoms with Crippen LogP contribution in [0.2, 0.25) is 0 Å². The molecule has 1 rings (SSSR count). The monoisotopic (exact) mass is 168 g/mol. The first-order valence-electron chi connectivity index (χ1n) is 4.34. The van der Waals surface area contributed by atoms with Crippen LogP contribution in [0.1, 0.15) is 33.6 Å². The van der Waals surface area contributed by atoms with Gasteiger partial charge in [0.25, 0.3) is 0 Å². The van der Waals surface area contributed by atoms with Crippen molar-refractivity contribution in [1.29, 1.82) is 0 Å². The first kappa shape index (κ1) is 9.30. The van der Waals surface area contributed by atoms with Crippen LogP contribution in [0.3, 0.4) is 0 Å². The standard InChI is InChI=1S/C10H16O2/c1-7-6-10(2,3)5-4-8(7)9(11)12/h6,8H,4-5H2,1-3H3,(H,11,12). The summed E-state index contributed by atoms with van der Waals surface area (Å²) in [7, 11) is 0. The van der Waals surface area contributed by atoms with E-state index in [-0.39, 0.29) is 11.3 Å². The van der Waals surface area contributed by atoms with Crippen LogP contribution >= 0.6 is 0 Å². The third-order valence-corrected chi connectivity index (χ3v) is 2.54. The summed E-state index contributed by atoms with van der Waals surface area (Å²) < 4.78 is 0. The fourth-order valence-corrected chi connectivity index (χ4v) is 1.85. The van der Waals surface area contributed by atoms with Crippen LogP contribution in [-0.4, -0.2) is 11.1 Å². The van der Waals surface area contributed by atoms with Gasteiger partial charge < -0.3 is 5.11 Å². The molecule has 0 saturated carbocycles. The van der Waals surface area contributed by atoms with Crippen LogP contribution in [0.4, 0.5) is 0 Å². The summed E-state index contributed by atoms with van der Waals surface area (Å²) in [5.41, 5.74) is 1.20. The zero-order valence-electron chi connectivity index (χ0n) is 7.92. The molecule has 1 aliphatic carbocycles. The molecule has 12 heavy (non-hydrogen) atoms. The van der Waals surface area contributed by atoms with Crippen molar-refractivity contribution in [3.63, 3.8) is 0 Å². The van der Waals surface area contributed by atoms with Gasteiger partial charge in [0.1, 0.15) is 0 Å². The van der Waals surface area contributed by atoms with E-state index in [0.29, 0.717) is 0 Å². The maximum Gasteiger partial charge on any atom is 0.310 e. The van der Waals surface area contributed by atoms with Crippen molar-refractivity contribution in [2.75, 3.05) is 0 Å². The topological polar surface area (TPSA) is 37.3 Å². The highest BCUT2D eigenvalue weighted by Gasteiger charge is 2.29. The highest BCUT2D eigenvalue weighted by Crippen LogP contribution is 2.36. The van der Waals surface area contributed by atoms with Crippen molar-refractivity contribution in [1.82, 2.24) is 0 Å². The quantitative estimate of drug-likeness (QED) is 0.610. The summed E-state index contributed by atoms with van der Waals surface area (Å²) in [4.78, 5) is 10.7. The van der Waals surface area contributed by atoms with Gasteiger partial charge in [-0.15, -0.1) is 0 Å². The Morgan fingerprint density at radius 3 is 2.67 bits per heavy atom. The zero-order valence-corrected chi connectivity index (χ0v) is 7.92. The van der Waals surface area contributed by atoms with E-state index in [1.807, 2.05) is 6.92 Å². The second-order valence-corrected chi connectivity index (χ2v) is 4.31. The molecule has 68 valence electrons. The summed E-state index contributed by atoms with van der Waals surface area (Å²) in [5.74, 6) is -0.919. The number of carboxylic acid groups (broad SMARTS) is 1. The fraction of sp³-hybridized carbons (Fsp3) is 0.700. The number of allylic oxidation sites excluding steroid dienone is 1. The molecule has 0 radical (unpaired) electrons. The van der Waals surface area contributed by atoms with Crippen molar-refractivity contribution in [2.45, 2.75) is 33.6 Å². The minimum absolute atomic E-state index is 0.191. The molecule has 0 saturated heterocycles. The lowest BCUT2D eigenvalue weighted by Gasteiger charge is -2.29. The van der Waals surface area contributed by atoms with E-state index < -0.39 is 5.97 Å². The van der Waals surface area contributed by atoms with Crippen LogP contribution in [0, 0.1) is 11.3 Å². The lowest BCUT2D eigenvalue weighted by molar-refractivity contribution is -0.140. The smallest absolute Gasteiger partial charge is 0.310 e. The predicted molar refractivity (Wildman–Crippen MR) is 47.9 cm³/mol. The molecule has 0 aromatic rings. The van der Waals surface area contributed by atoms with Crippen LogP contribution < -0.4 is 0 Å². The van der Waals surface area contributed by atoms with E-state index in [1.54, 1.807) is 0 Å². The summed E-state index contributed by atoms with van der Waals surface area (Å²) in [5, 5.41) is 8.84. The molecule has 0 fully saturated rings. The number of hydrogen-bond acceptors (Lipinski definition) is 1. The van der Waals surface area contributed by atoms with E-state index in [2.05, 4.69) is 19.9 Å². The van der Waals surface area contributed by atoms with Gasteiger partial charge in [-0.05, 0) is 25.2 Å². The third kappa shape index (κ3) is 1.87. The van der Waals surface area contributed by atoms with Crippen molar-refractivity contribution < 1.29 is 9.90 Å². The van der Waals surface area contributed by atoms with Crippen LogP contribution in [-0.2, 0) is 4.79 Å². The van der Waals surface area contributed by atoms with Crippen LogP contribution in [0.15, 0.2) is 11.6 Å². The summed E-state index contributed by atoms with van der Waals surface area (Å²) in [6.07, 6.45) is 3.85. The zero-order chi connectivity index (χ0) is 9.35. The molecule has 0 bridgehead atoms. The second-order valence-electron chi connectivity index (χ2n) is 4.31. The van der Waals surface area contributed by atoms with Gasteiger partial charge >= 0.3 is 5.97 Å². The Kier molecular flexibility index (Phi) is 2.27. The Bertz CT molecular complexity index is 226. The second kappa shape index (κ2) is 2.92. The average molecular weight is 168 g/mol. The SMILES string of the molecule is CC1=CC(C)(C)CCC1C(=O)O. The maximum atomic E-state index is 10.7. The van der Waals surface area contributed by atoms with Crippen molar-refractivity contribution in [2.24, 2.45) is 11.3 Å². The average Bonchev–Trinajstić information content (AvgIpc) is 1.83. The molecule has 1 aliphatic rings.